The second-order valence-electron chi connectivity index (χ2n) is 4.93. The lowest BCUT2D eigenvalue weighted by molar-refractivity contribution is 0.0761. The van der Waals surface area contributed by atoms with E-state index in [2.05, 4.69) is 5.16 Å². The highest BCUT2D eigenvalue weighted by atomic mass is 19.1. The van der Waals surface area contributed by atoms with Gasteiger partial charge in [-0.05, 0) is 45.0 Å². The van der Waals surface area contributed by atoms with E-state index < -0.39 is 6.10 Å². The first-order valence-electron chi connectivity index (χ1n) is 7.22. The molecule has 1 amide bonds. The van der Waals surface area contributed by atoms with Gasteiger partial charge in [-0.25, -0.2) is 4.39 Å². The van der Waals surface area contributed by atoms with Gasteiger partial charge in [0.2, 0.25) is 0 Å². The molecule has 2 rings (SSSR count). The van der Waals surface area contributed by atoms with Crippen molar-refractivity contribution >= 4 is 5.91 Å². The van der Waals surface area contributed by atoms with Crippen LogP contribution in [0.5, 0.6) is 0 Å². The third-order valence-corrected chi connectivity index (χ3v) is 3.48. The molecule has 0 bridgehead atoms. The van der Waals surface area contributed by atoms with E-state index in [0.29, 0.717) is 24.3 Å². The Morgan fingerprint density at radius 3 is 2.41 bits per heavy atom. The SMILES string of the molecule is CCN(CC)C(=O)c1c(-c2ccc(F)cc2)noc1[C@H](C)O. The number of aliphatic hydroxyl groups is 1. The summed E-state index contributed by atoms with van der Waals surface area (Å²) in [6.07, 6.45) is -0.962. The lowest BCUT2D eigenvalue weighted by Crippen LogP contribution is -2.31. The molecule has 118 valence electrons. The molecule has 0 saturated heterocycles. The van der Waals surface area contributed by atoms with E-state index in [-0.39, 0.29) is 23.0 Å². The molecule has 5 nitrogen and oxygen atoms in total. The van der Waals surface area contributed by atoms with Crippen molar-refractivity contribution in [1.29, 1.82) is 0 Å². The van der Waals surface area contributed by atoms with Gasteiger partial charge in [-0.2, -0.15) is 0 Å². The standard InChI is InChI=1S/C16H19FN2O3/c1-4-19(5-2)16(21)13-14(18-22-15(13)10(3)20)11-6-8-12(17)9-7-11/h6-10,20H,4-5H2,1-3H3/t10-/m0/s1. The lowest BCUT2D eigenvalue weighted by Gasteiger charge is -2.19. The van der Waals surface area contributed by atoms with E-state index in [0.717, 1.165) is 0 Å². The minimum absolute atomic E-state index is 0.122. The Balaban J connectivity index is 2.56. The Hall–Kier alpha value is -2.21. The molecule has 0 aliphatic carbocycles. The summed E-state index contributed by atoms with van der Waals surface area (Å²) in [5.74, 6) is -0.516. The van der Waals surface area contributed by atoms with Crippen molar-refractivity contribution in [3.63, 3.8) is 0 Å². The average Bonchev–Trinajstić information content (AvgIpc) is 2.94. The molecule has 1 atom stereocenters. The summed E-state index contributed by atoms with van der Waals surface area (Å²) >= 11 is 0. The maximum Gasteiger partial charge on any atom is 0.259 e. The first kappa shape index (κ1) is 16.2. The maximum absolute atomic E-state index is 13.1. The zero-order valence-corrected chi connectivity index (χ0v) is 12.8. The topological polar surface area (TPSA) is 66.6 Å². The van der Waals surface area contributed by atoms with Gasteiger partial charge in [0, 0.05) is 18.7 Å². The second kappa shape index (κ2) is 6.70. The van der Waals surface area contributed by atoms with Crippen LogP contribution in [-0.2, 0) is 0 Å². The number of amides is 1. The molecule has 2 aromatic rings. The lowest BCUT2D eigenvalue weighted by atomic mass is 10.0. The van der Waals surface area contributed by atoms with E-state index in [4.69, 9.17) is 4.52 Å². The number of aromatic nitrogens is 1. The zero-order chi connectivity index (χ0) is 16.3. The van der Waals surface area contributed by atoms with E-state index >= 15 is 0 Å². The van der Waals surface area contributed by atoms with Crippen molar-refractivity contribution in [3.8, 4) is 11.3 Å². The third kappa shape index (κ3) is 3.01. The summed E-state index contributed by atoms with van der Waals surface area (Å²) in [5.41, 5.74) is 1.10. The van der Waals surface area contributed by atoms with Crippen LogP contribution in [-0.4, -0.2) is 34.2 Å². The van der Waals surface area contributed by atoms with Crippen LogP contribution < -0.4 is 0 Å². The highest BCUT2D eigenvalue weighted by Gasteiger charge is 2.28. The number of benzene rings is 1. The molecule has 22 heavy (non-hydrogen) atoms. The van der Waals surface area contributed by atoms with Crippen molar-refractivity contribution in [1.82, 2.24) is 10.1 Å². The third-order valence-electron chi connectivity index (χ3n) is 3.48. The summed E-state index contributed by atoms with van der Waals surface area (Å²) in [6.45, 7) is 6.31. The fourth-order valence-corrected chi connectivity index (χ4v) is 2.27. The van der Waals surface area contributed by atoms with Gasteiger partial charge >= 0.3 is 0 Å². The van der Waals surface area contributed by atoms with Crippen LogP contribution in [0.3, 0.4) is 0 Å². The molecule has 1 aromatic heterocycles. The van der Waals surface area contributed by atoms with Gasteiger partial charge in [0.25, 0.3) is 5.91 Å². The van der Waals surface area contributed by atoms with Crippen molar-refractivity contribution in [3.05, 3.63) is 41.4 Å². The predicted molar refractivity (Wildman–Crippen MR) is 79.8 cm³/mol. The van der Waals surface area contributed by atoms with Gasteiger partial charge in [0.05, 0.1) is 0 Å². The number of rotatable bonds is 5. The number of carbonyl (C=O) groups excluding carboxylic acids is 1. The van der Waals surface area contributed by atoms with Crippen molar-refractivity contribution in [2.75, 3.05) is 13.1 Å². The summed E-state index contributed by atoms with van der Waals surface area (Å²) in [7, 11) is 0. The van der Waals surface area contributed by atoms with Crippen LogP contribution >= 0.6 is 0 Å². The molecule has 6 heteroatoms. The molecular weight excluding hydrogens is 287 g/mol. The number of nitrogens with zero attached hydrogens (tertiary/aromatic N) is 2. The molecule has 0 unspecified atom stereocenters. The fourth-order valence-electron chi connectivity index (χ4n) is 2.27. The van der Waals surface area contributed by atoms with Crippen LogP contribution in [0.15, 0.2) is 28.8 Å². The average molecular weight is 306 g/mol. The molecule has 0 saturated carbocycles. The highest BCUT2D eigenvalue weighted by molar-refractivity contribution is 6.01. The van der Waals surface area contributed by atoms with E-state index in [1.165, 1.54) is 31.2 Å². The van der Waals surface area contributed by atoms with Crippen LogP contribution in [0, 0.1) is 5.82 Å². The molecule has 0 aliphatic rings. The Morgan fingerprint density at radius 2 is 1.91 bits per heavy atom. The monoisotopic (exact) mass is 306 g/mol. The van der Waals surface area contributed by atoms with Gasteiger partial charge in [0.1, 0.15) is 23.2 Å². The molecule has 1 N–H and O–H groups in total. The normalized spacial score (nSPS) is 12.2. The molecule has 1 heterocycles. The fraction of sp³-hybridized carbons (Fsp3) is 0.375. The van der Waals surface area contributed by atoms with Gasteiger partial charge < -0.3 is 14.5 Å². The number of hydrogen-bond donors (Lipinski definition) is 1. The molecule has 0 spiro atoms. The Morgan fingerprint density at radius 1 is 1.32 bits per heavy atom. The highest BCUT2D eigenvalue weighted by Crippen LogP contribution is 2.30. The quantitative estimate of drug-likeness (QED) is 0.922. The first-order chi connectivity index (χ1) is 10.5. The predicted octanol–water partition coefficient (Wildman–Crippen LogP) is 3.02. The number of carbonyl (C=O) groups is 1. The summed E-state index contributed by atoms with van der Waals surface area (Å²) in [4.78, 5) is 14.3. The number of halogens is 1. The van der Waals surface area contributed by atoms with Crippen LogP contribution in [0.2, 0.25) is 0 Å². The minimum Gasteiger partial charge on any atom is -0.385 e. The van der Waals surface area contributed by atoms with Crippen LogP contribution in [0.1, 0.15) is 43.0 Å². The van der Waals surface area contributed by atoms with E-state index in [1.54, 1.807) is 4.90 Å². The molecule has 0 radical (unpaired) electrons. The Labute approximate surface area is 128 Å². The zero-order valence-electron chi connectivity index (χ0n) is 12.8. The number of hydrogen-bond acceptors (Lipinski definition) is 4. The van der Waals surface area contributed by atoms with Crippen molar-refractivity contribution in [2.45, 2.75) is 26.9 Å². The summed E-state index contributed by atoms with van der Waals surface area (Å²) in [6, 6.07) is 5.63. The van der Waals surface area contributed by atoms with Crippen LogP contribution in [0.25, 0.3) is 11.3 Å². The Kier molecular flexibility index (Phi) is 4.92. The molecule has 1 aromatic carbocycles. The molecular formula is C16H19FN2O3. The van der Waals surface area contributed by atoms with Gasteiger partial charge in [0.15, 0.2) is 5.76 Å². The van der Waals surface area contributed by atoms with Gasteiger partial charge in [-0.1, -0.05) is 5.16 Å². The molecule has 0 fully saturated rings. The number of aliphatic hydroxyl groups excluding tert-OH is 1. The summed E-state index contributed by atoms with van der Waals surface area (Å²) < 4.78 is 18.2. The second-order valence-corrected chi connectivity index (χ2v) is 4.93. The summed E-state index contributed by atoms with van der Waals surface area (Å²) in [5, 5.41) is 13.7. The van der Waals surface area contributed by atoms with Crippen molar-refractivity contribution in [2.24, 2.45) is 0 Å². The maximum atomic E-state index is 13.1. The van der Waals surface area contributed by atoms with Gasteiger partial charge in [-0.3, -0.25) is 4.79 Å². The first-order valence-corrected chi connectivity index (χ1v) is 7.22. The Bertz CT molecular complexity index is 646. The largest absolute Gasteiger partial charge is 0.385 e. The van der Waals surface area contributed by atoms with E-state index in [9.17, 15) is 14.3 Å². The molecule has 0 aliphatic heterocycles. The van der Waals surface area contributed by atoms with E-state index in [1.807, 2.05) is 13.8 Å². The minimum atomic E-state index is -0.962. The smallest absolute Gasteiger partial charge is 0.259 e. The van der Waals surface area contributed by atoms with Crippen LogP contribution in [0.4, 0.5) is 4.39 Å². The van der Waals surface area contributed by atoms with Gasteiger partial charge in [-0.15, -0.1) is 0 Å². The van der Waals surface area contributed by atoms with Crippen molar-refractivity contribution < 1.29 is 18.8 Å².